The summed E-state index contributed by atoms with van der Waals surface area (Å²) >= 11 is 6.13. The van der Waals surface area contributed by atoms with Gasteiger partial charge in [-0.2, -0.15) is 0 Å². The summed E-state index contributed by atoms with van der Waals surface area (Å²) in [5.41, 5.74) is 6.70. The van der Waals surface area contributed by atoms with Crippen molar-refractivity contribution in [1.29, 1.82) is 0 Å². The number of carbonyl (C=O) groups is 1. The van der Waals surface area contributed by atoms with E-state index in [1.807, 2.05) is 0 Å². The first-order valence-corrected chi connectivity index (χ1v) is 10.5. The van der Waals surface area contributed by atoms with E-state index in [1.54, 1.807) is 19.2 Å². The van der Waals surface area contributed by atoms with Crippen LogP contribution in [0.1, 0.15) is 55.8 Å². The minimum absolute atomic E-state index is 0. The van der Waals surface area contributed by atoms with Crippen LogP contribution in [0.3, 0.4) is 0 Å². The van der Waals surface area contributed by atoms with E-state index in [4.69, 9.17) is 22.1 Å². The summed E-state index contributed by atoms with van der Waals surface area (Å²) in [7, 11) is 1.54. The molecule has 1 heterocycles. The highest BCUT2D eigenvalue weighted by Gasteiger charge is 2.30. The maximum atomic E-state index is 12.9. The van der Waals surface area contributed by atoms with Gasteiger partial charge in [0.15, 0.2) is 0 Å². The Morgan fingerprint density at radius 2 is 1.86 bits per heavy atom. The third kappa shape index (κ3) is 6.81. The molecule has 1 amide bonds. The molecule has 2 unspecified atom stereocenters. The van der Waals surface area contributed by atoms with E-state index in [0.29, 0.717) is 27.9 Å². The third-order valence-corrected chi connectivity index (χ3v) is 6.49. The van der Waals surface area contributed by atoms with Crippen molar-refractivity contribution in [1.82, 2.24) is 10.2 Å². The number of anilines is 1. The molecule has 1 saturated heterocycles. The summed E-state index contributed by atoms with van der Waals surface area (Å²) < 4.78 is 5.34. The molecule has 29 heavy (non-hydrogen) atoms. The number of nitrogens with two attached hydrogens (primary N) is 1. The number of hydrogen-bond acceptors (Lipinski definition) is 4. The second-order valence-electron chi connectivity index (χ2n) is 8.18. The Kier molecular flexibility index (Phi) is 10.9. The molecule has 2 fully saturated rings. The van der Waals surface area contributed by atoms with Crippen LogP contribution in [0.5, 0.6) is 5.75 Å². The first kappa shape index (κ1) is 26.2. The fraction of sp³-hybridized carbons (Fsp3) is 0.667. The van der Waals surface area contributed by atoms with Crippen LogP contribution in [0.4, 0.5) is 5.69 Å². The van der Waals surface area contributed by atoms with Crippen molar-refractivity contribution in [2.45, 2.75) is 51.5 Å². The lowest BCUT2D eigenvalue weighted by atomic mass is 9.83. The van der Waals surface area contributed by atoms with Gasteiger partial charge in [0, 0.05) is 18.7 Å². The zero-order valence-corrected chi connectivity index (χ0v) is 19.7. The largest absolute Gasteiger partial charge is 0.496 e. The van der Waals surface area contributed by atoms with Gasteiger partial charge in [-0.05, 0) is 56.7 Å². The molecule has 3 N–H and O–H groups in total. The maximum Gasteiger partial charge on any atom is 0.255 e. The number of nitrogens with zero attached hydrogens (tertiary/aromatic N) is 1. The summed E-state index contributed by atoms with van der Waals surface area (Å²) in [5.74, 6) is 1.68. The van der Waals surface area contributed by atoms with E-state index in [9.17, 15) is 4.79 Å². The first-order chi connectivity index (χ1) is 13.0. The number of methoxy groups -OCH3 is 1. The summed E-state index contributed by atoms with van der Waals surface area (Å²) in [6, 6.07) is 3.42. The molecular weight excluding hydrogens is 433 g/mol. The lowest BCUT2D eigenvalue weighted by molar-refractivity contribution is 0.0865. The fourth-order valence-corrected chi connectivity index (χ4v) is 4.52. The molecule has 0 spiro atoms. The summed E-state index contributed by atoms with van der Waals surface area (Å²) in [5, 5.41) is 3.64. The van der Waals surface area contributed by atoms with E-state index >= 15 is 0 Å². The molecule has 0 aromatic heterocycles. The number of amides is 1. The molecule has 8 heteroatoms. The minimum atomic E-state index is -0.127. The number of hydrogen-bond donors (Lipinski definition) is 2. The van der Waals surface area contributed by atoms with Gasteiger partial charge < -0.3 is 20.7 Å². The Morgan fingerprint density at radius 1 is 1.21 bits per heavy atom. The average molecular weight is 467 g/mol. The Balaban J connectivity index is 0.00000210. The second kappa shape index (κ2) is 12.1. The Labute approximate surface area is 191 Å². The van der Waals surface area contributed by atoms with Crippen LogP contribution in [0.15, 0.2) is 12.1 Å². The molecule has 3 rings (SSSR count). The van der Waals surface area contributed by atoms with E-state index < -0.39 is 0 Å². The molecule has 5 nitrogen and oxygen atoms in total. The molecule has 1 aromatic carbocycles. The molecule has 1 saturated carbocycles. The van der Waals surface area contributed by atoms with Gasteiger partial charge in [-0.1, -0.05) is 31.4 Å². The predicted molar refractivity (Wildman–Crippen MR) is 125 cm³/mol. The van der Waals surface area contributed by atoms with Gasteiger partial charge in [-0.25, -0.2) is 0 Å². The number of rotatable bonds is 5. The van der Waals surface area contributed by atoms with E-state index in [-0.39, 0.29) is 36.8 Å². The molecule has 166 valence electrons. The molecule has 1 aliphatic heterocycles. The van der Waals surface area contributed by atoms with Crippen molar-refractivity contribution in [2.75, 3.05) is 32.5 Å². The van der Waals surface area contributed by atoms with Gasteiger partial charge >= 0.3 is 0 Å². The van der Waals surface area contributed by atoms with Crippen molar-refractivity contribution in [3.63, 3.8) is 0 Å². The molecular formula is C21H34Cl3N3O2. The van der Waals surface area contributed by atoms with Gasteiger partial charge in [0.05, 0.1) is 23.4 Å². The van der Waals surface area contributed by atoms with Crippen molar-refractivity contribution in [3.05, 3.63) is 22.7 Å². The van der Waals surface area contributed by atoms with E-state index in [2.05, 4.69) is 17.1 Å². The summed E-state index contributed by atoms with van der Waals surface area (Å²) in [6.07, 6.45) is 7.19. The number of nitrogens with one attached hydrogen (secondary N) is 1. The number of benzene rings is 1. The highest BCUT2D eigenvalue weighted by Crippen LogP contribution is 2.31. The van der Waals surface area contributed by atoms with Crippen molar-refractivity contribution < 1.29 is 9.53 Å². The topological polar surface area (TPSA) is 67.6 Å². The number of nitrogen functional groups attached to an aromatic ring is 1. The molecule has 2 aliphatic rings. The molecule has 0 bridgehead atoms. The summed E-state index contributed by atoms with van der Waals surface area (Å²) in [4.78, 5) is 15.5. The number of carbonyl (C=O) groups excluding carboxylic acids is 1. The van der Waals surface area contributed by atoms with Gasteiger partial charge in [0.25, 0.3) is 5.91 Å². The van der Waals surface area contributed by atoms with Crippen LogP contribution in [0, 0.1) is 11.8 Å². The SMILES string of the molecule is COc1cc(N)c(Cl)cc1C(=O)NC1CCCCC1CN1CCC(C)CC1.Cl.Cl. The van der Waals surface area contributed by atoms with Crippen LogP contribution in [0.25, 0.3) is 0 Å². The molecule has 2 atom stereocenters. The Morgan fingerprint density at radius 3 is 2.52 bits per heavy atom. The lowest BCUT2D eigenvalue weighted by Crippen LogP contribution is -2.47. The highest BCUT2D eigenvalue weighted by molar-refractivity contribution is 6.33. The highest BCUT2D eigenvalue weighted by atomic mass is 35.5. The minimum Gasteiger partial charge on any atom is -0.496 e. The number of halogens is 3. The second-order valence-corrected chi connectivity index (χ2v) is 8.59. The maximum absolute atomic E-state index is 12.9. The first-order valence-electron chi connectivity index (χ1n) is 10.1. The standard InChI is InChI=1S/C21H32ClN3O2.2ClH/c1-14-7-9-25(10-8-14)13-15-5-3-4-6-19(15)24-21(26)16-11-17(22)18(23)12-20(16)27-2;;/h11-12,14-15,19H,3-10,13,23H2,1-2H3,(H,24,26);2*1H. The summed E-state index contributed by atoms with van der Waals surface area (Å²) in [6.45, 7) is 5.78. The number of likely N-dealkylation sites (tertiary alicyclic amines) is 1. The van der Waals surface area contributed by atoms with Crippen LogP contribution < -0.4 is 15.8 Å². The predicted octanol–water partition coefficient (Wildman–Crippen LogP) is 4.79. The van der Waals surface area contributed by atoms with Crippen LogP contribution in [0.2, 0.25) is 5.02 Å². The zero-order chi connectivity index (χ0) is 19.4. The average Bonchev–Trinajstić information content (AvgIpc) is 2.66. The molecule has 0 radical (unpaired) electrons. The van der Waals surface area contributed by atoms with Gasteiger partial charge in [0.2, 0.25) is 0 Å². The molecule has 1 aliphatic carbocycles. The quantitative estimate of drug-likeness (QED) is 0.612. The van der Waals surface area contributed by atoms with Crippen LogP contribution >= 0.6 is 36.4 Å². The zero-order valence-electron chi connectivity index (χ0n) is 17.3. The van der Waals surface area contributed by atoms with E-state index in [0.717, 1.165) is 25.3 Å². The van der Waals surface area contributed by atoms with Crippen molar-refractivity contribution >= 4 is 48.0 Å². The van der Waals surface area contributed by atoms with Gasteiger partial charge in [0.1, 0.15) is 5.75 Å². The number of ether oxygens (including phenoxy) is 1. The van der Waals surface area contributed by atoms with Crippen molar-refractivity contribution in [2.24, 2.45) is 11.8 Å². The Hall–Kier alpha value is -0.880. The third-order valence-electron chi connectivity index (χ3n) is 6.16. The lowest BCUT2D eigenvalue weighted by Gasteiger charge is -2.38. The smallest absolute Gasteiger partial charge is 0.255 e. The van der Waals surface area contributed by atoms with Gasteiger partial charge in [-0.3, -0.25) is 4.79 Å². The molecule has 1 aromatic rings. The normalized spacial score (nSPS) is 22.9. The van der Waals surface area contributed by atoms with E-state index in [1.165, 1.54) is 38.8 Å². The van der Waals surface area contributed by atoms with Crippen molar-refractivity contribution in [3.8, 4) is 5.75 Å². The van der Waals surface area contributed by atoms with Gasteiger partial charge in [-0.15, -0.1) is 24.8 Å². The number of piperidine rings is 1. The van der Waals surface area contributed by atoms with Crippen LogP contribution in [-0.4, -0.2) is 43.6 Å². The fourth-order valence-electron chi connectivity index (χ4n) is 4.35. The van der Waals surface area contributed by atoms with Crippen LogP contribution in [-0.2, 0) is 0 Å². The monoisotopic (exact) mass is 465 g/mol. The Bertz CT molecular complexity index is 667.